The van der Waals surface area contributed by atoms with Crippen LogP contribution >= 0.6 is 0 Å². The third-order valence-electron chi connectivity index (χ3n) is 1.92. The molecule has 5 heteroatoms. The van der Waals surface area contributed by atoms with E-state index in [2.05, 4.69) is 0 Å². The normalized spacial score (nSPS) is 24.8. The molecule has 0 aromatic rings. The summed E-state index contributed by atoms with van der Waals surface area (Å²) in [6.07, 6.45) is 1.59. The summed E-state index contributed by atoms with van der Waals surface area (Å²) in [4.78, 5) is 22.2. The second kappa shape index (κ2) is 5.42. The number of esters is 1. The number of hydrogen-bond acceptors (Lipinski definition) is 5. The van der Waals surface area contributed by atoms with Crippen molar-refractivity contribution < 1.29 is 23.8 Å². The first-order valence-corrected chi connectivity index (χ1v) is 5.46. The van der Waals surface area contributed by atoms with E-state index in [0.29, 0.717) is 0 Å². The van der Waals surface area contributed by atoms with Gasteiger partial charge >= 0.3 is 5.97 Å². The molecule has 0 saturated carbocycles. The molecule has 0 spiro atoms. The molecule has 0 saturated heterocycles. The van der Waals surface area contributed by atoms with Crippen molar-refractivity contribution in [2.24, 2.45) is 0 Å². The third-order valence-corrected chi connectivity index (χ3v) is 1.92. The maximum atomic E-state index is 11.5. The molecule has 17 heavy (non-hydrogen) atoms. The Morgan fingerprint density at radius 2 is 2.12 bits per heavy atom. The van der Waals surface area contributed by atoms with Crippen LogP contribution in [0.2, 0.25) is 0 Å². The average Bonchev–Trinajstić information content (AvgIpc) is 2.17. The van der Waals surface area contributed by atoms with E-state index in [0.717, 1.165) is 0 Å². The van der Waals surface area contributed by atoms with E-state index in [1.165, 1.54) is 13.0 Å². The predicted molar refractivity (Wildman–Crippen MR) is 60.3 cm³/mol. The van der Waals surface area contributed by atoms with Gasteiger partial charge in [0.05, 0.1) is 5.60 Å². The third kappa shape index (κ3) is 5.10. The van der Waals surface area contributed by atoms with Crippen LogP contribution in [0.15, 0.2) is 12.2 Å². The molecule has 96 valence electrons. The van der Waals surface area contributed by atoms with Crippen molar-refractivity contribution in [2.45, 2.75) is 45.7 Å². The number of carbonyl (C=O) groups is 2. The van der Waals surface area contributed by atoms with E-state index in [4.69, 9.17) is 14.2 Å². The second-order valence-corrected chi connectivity index (χ2v) is 4.80. The molecule has 0 aromatic carbocycles. The summed E-state index contributed by atoms with van der Waals surface area (Å²) in [6, 6.07) is 0. The van der Waals surface area contributed by atoms with E-state index in [1.807, 2.05) is 20.8 Å². The van der Waals surface area contributed by atoms with Gasteiger partial charge in [0.15, 0.2) is 0 Å². The zero-order valence-corrected chi connectivity index (χ0v) is 10.6. The van der Waals surface area contributed by atoms with Crippen LogP contribution in [-0.4, -0.2) is 36.4 Å². The van der Waals surface area contributed by atoms with Gasteiger partial charge in [-0.1, -0.05) is 0 Å². The summed E-state index contributed by atoms with van der Waals surface area (Å²) >= 11 is 0. The lowest BCUT2D eigenvalue weighted by Gasteiger charge is -2.30. The minimum atomic E-state index is -0.930. The smallest absolute Gasteiger partial charge is 0.302 e. The molecule has 0 aliphatic carbocycles. The summed E-state index contributed by atoms with van der Waals surface area (Å²) in [5.41, 5.74) is -0.475. The summed E-state index contributed by atoms with van der Waals surface area (Å²) in [7, 11) is 0. The lowest BCUT2D eigenvalue weighted by molar-refractivity contribution is -0.212. The lowest BCUT2D eigenvalue weighted by atomic mass is 10.1. The molecule has 1 heterocycles. The van der Waals surface area contributed by atoms with Gasteiger partial charge in [-0.15, -0.1) is 0 Å². The van der Waals surface area contributed by atoms with E-state index in [9.17, 15) is 9.59 Å². The molecular formula is C12H18O5. The van der Waals surface area contributed by atoms with E-state index < -0.39 is 18.0 Å². The molecule has 1 aliphatic heterocycles. The highest BCUT2D eigenvalue weighted by molar-refractivity contribution is 5.93. The van der Waals surface area contributed by atoms with Crippen LogP contribution in [-0.2, 0) is 23.8 Å². The number of ether oxygens (including phenoxy) is 3. The fourth-order valence-corrected chi connectivity index (χ4v) is 1.25. The first-order chi connectivity index (χ1) is 7.78. The van der Waals surface area contributed by atoms with Gasteiger partial charge < -0.3 is 14.2 Å². The number of ketones is 1. The Morgan fingerprint density at radius 3 is 2.65 bits per heavy atom. The highest BCUT2D eigenvalue weighted by Crippen LogP contribution is 2.18. The zero-order chi connectivity index (χ0) is 13.1. The highest BCUT2D eigenvalue weighted by atomic mass is 16.7. The van der Waals surface area contributed by atoms with Crippen LogP contribution in [0.1, 0.15) is 27.7 Å². The Kier molecular flexibility index (Phi) is 4.42. The SMILES string of the molecule is CC(=O)OCC1C=CC(=O)C(OC(C)(C)C)O1. The molecule has 0 bridgehead atoms. The second-order valence-electron chi connectivity index (χ2n) is 4.80. The van der Waals surface area contributed by atoms with Crippen LogP contribution < -0.4 is 0 Å². The standard InChI is InChI=1S/C12H18O5/c1-8(13)15-7-9-5-6-10(14)11(16-9)17-12(2,3)4/h5-6,9,11H,7H2,1-4H3. The van der Waals surface area contributed by atoms with Gasteiger partial charge in [0.1, 0.15) is 12.7 Å². The number of hydrogen-bond donors (Lipinski definition) is 0. The first-order valence-electron chi connectivity index (χ1n) is 5.46. The van der Waals surface area contributed by atoms with Crippen molar-refractivity contribution in [2.75, 3.05) is 6.61 Å². The fourth-order valence-electron chi connectivity index (χ4n) is 1.25. The molecule has 5 nitrogen and oxygen atoms in total. The molecule has 2 unspecified atom stereocenters. The molecule has 0 radical (unpaired) electrons. The van der Waals surface area contributed by atoms with Gasteiger partial charge in [0, 0.05) is 6.92 Å². The summed E-state index contributed by atoms with van der Waals surface area (Å²) in [6.45, 7) is 6.92. The van der Waals surface area contributed by atoms with Crippen molar-refractivity contribution in [3.05, 3.63) is 12.2 Å². The Morgan fingerprint density at radius 1 is 1.47 bits per heavy atom. The molecule has 0 N–H and O–H groups in total. The van der Waals surface area contributed by atoms with Gasteiger partial charge in [-0.2, -0.15) is 0 Å². The molecule has 0 amide bonds. The van der Waals surface area contributed by atoms with Crippen molar-refractivity contribution in [1.82, 2.24) is 0 Å². The maximum absolute atomic E-state index is 11.5. The number of carbonyl (C=O) groups excluding carboxylic acids is 2. The largest absolute Gasteiger partial charge is 0.463 e. The van der Waals surface area contributed by atoms with Gasteiger partial charge in [0.25, 0.3) is 0 Å². The topological polar surface area (TPSA) is 61.8 Å². The monoisotopic (exact) mass is 242 g/mol. The molecule has 0 fully saturated rings. The Labute approximate surface area is 101 Å². The van der Waals surface area contributed by atoms with Crippen molar-refractivity contribution in [3.63, 3.8) is 0 Å². The summed E-state index contributed by atoms with van der Waals surface area (Å²) in [5, 5.41) is 0. The molecule has 1 rings (SSSR count). The van der Waals surface area contributed by atoms with Crippen LogP contribution in [0.5, 0.6) is 0 Å². The predicted octanol–water partition coefficient (Wildman–Crippen LogP) is 1.21. The Bertz CT molecular complexity index is 326. The quantitative estimate of drug-likeness (QED) is 0.696. The van der Waals surface area contributed by atoms with Crippen LogP contribution in [0.3, 0.4) is 0 Å². The van der Waals surface area contributed by atoms with Crippen molar-refractivity contribution in [3.8, 4) is 0 Å². The van der Waals surface area contributed by atoms with Gasteiger partial charge in [0.2, 0.25) is 12.1 Å². The maximum Gasteiger partial charge on any atom is 0.302 e. The Hall–Kier alpha value is -1.20. The molecule has 0 aromatic heterocycles. The van der Waals surface area contributed by atoms with E-state index in [-0.39, 0.29) is 18.4 Å². The number of rotatable bonds is 3. The highest BCUT2D eigenvalue weighted by Gasteiger charge is 2.30. The van der Waals surface area contributed by atoms with E-state index >= 15 is 0 Å². The van der Waals surface area contributed by atoms with Gasteiger partial charge in [-0.25, -0.2) is 0 Å². The van der Waals surface area contributed by atoms with Crippen molar-refractivity contribution in [1.29, 1.82) is 0 Å². The van der Waals surface area contributed by atoms with Crippen LogP contribution in [0.4, 0.5) is 0 Å². The van der Waals surface area contributed by atoms with E-state index in [1.54, 1.807) is 6.08 Å². The molecule has 2 atom stereocenters. The zero-order valence-electron chi connectivity index (χ0n) is 10.6. The lowest BCUT2D eigenvalue weighted by Crippen LogP contribution is -2.40. The van der Waals surface area contributed by atoms with Gasteiger partial charge in [-0.3, -0.25) is 9.59 Å². The van der Waals surface area contributed by atoms with Crippen molar-refractivity contribution >= 4 is 11.8 Å². The van der Waals surface area contributed by atoms with Crippen LogP contribution in [0.25, 0.3) is 0 Å². The Balaban J connectivity index is 2.55. The average molecular weight is 242 g/mol. The minimum Gasteiger partial charge on any atom is -0.463 e. The summed E-state index contributed by atoms with van der Waals surface area (Å²) in [5.74, 6) is -0.619. The van der Waals surface area contributed by atoms with Crippen LogP contribution in [0, 0.1) is 0 Å². The van der Waals surface area contributed by atoms with Gasteiger partial charge in [-0.05, 0) is 32.9 Å². The molecule has 1 aliphatic rings. The minimum absolute atomic E-state index is 0.0864. The summed E-state index contributed by atoms with van der Waals surface area (Å²) < 4.78 is 15.7. The fraction of sp³-hybridized carbons (Fsp3) is 0.667. The first kappa shape index (κ1) is 13.9. The molecular weight excluding hydrogens is 224 g/mol.